The van der Waals surface area contributed by atoms with Gasteiger partial charge in [-0.15, -0.1) is 11.8 Å². The van der Waals surface area contributed by atoms with Crippen molar-refractivity contribution >= 4 is 29.1 Å². The van der Waals surface area contributed by atoms with Crippen molar-refractivity contribution in [2.24, 2.45) is 0 Å². The Hall–Kier alpha value is -2.04. The topological polar surface area (TPSA) is 43.1 Å². The number of halogens is 1. The number of ketones is 1. The lowest BCUT2D eigenvalue weighted by Crippen LogP contribution is -2.09. The van der Waals surface area contributed by atoms with E-state index in [9.17, 15) is 4.79 Å². The summed E-state index contributed by atoms with van der Waals surface area (Å²) >= 11 is 7.72. The van der Waals surface area contributed by atoms with Crippen molar-refractivity contribution in [3.63, 3.8) is 0 Å². The summed E-state index contributed by atoms with van der Waals surface area (Å²) in [6.45, 7) is 2.09. The molecule has 5 heteroatoms. The lowest BCUT2D eigenvalue weighted by atomic mass is 9.91. The number of hydrogen-bond acceptors (Lipinski definition) is 4. The Labute approximate surface area is 168 Å². The molecule has 1 saturated carbocycles. The van der Waals surface area contributed by atoms with Crippen molar-refractivity contribution in [2.45, 2.75) is 37.0 Å². The second-order valence-corrected chi connectivity index (χ2v) is 8.21. The van der Waals surface area contributed by atoms with Crippen LogP contribution < -0.4 is 0 Å². The van der Waals surface area contributed by atoms with Crippen LogP contribution in [-0.4, -0.2) is 17.2 Å². The van der Waals surface area contributed by atoms with Gasteiger partial charge in [0, 0.05) is 21.4 Å². The standard InChI is InChI=1S/C22H20ClNO2S/c1-13-18(11-14-3-7-16(23)8-4-14)17(9-10-20(13)27-2)21(25)19-12-24-26-22(19)15-5-6-15/h3-4,7-10,12,15H,5-6,11H2,1-2H3. The first-order valence-corrected chi connectivity index (χ1v) is 10.6. The zero-order valence-corrected chi connectivity index (χ0v) is 16.9. The fraction of sp³-hybridized carbons (Fsp3) is 0.273. The van der Waals surface area contributed by atoms with Gasteiger partial charge in [-0.3, -0.25) is 4.79 Å². The van der Waals surface area contributed by atoms with Gasteiger partial charge < -0.3 is 4.52 Å². The van der Waals surface area contributed by atoms with Gasteiger partial charge >= 0.3 is 0 Å². The smallest absolute Gasteiger partial charge is 0.198 e. The van der Waals surface area contributed by atoms with E-state index in [4.69, 9.17) is 16.1 Å². The molecule has 0 bridgehead atoms. The summed E-state index contributed by atoms with van der Waals surface area (Å²) in [4.78, 5) is 14.5. The highest BCUT2D eigenvalue weighted by molar-refractivity contribution is 7.98. The fourth-order valence-electron chi connectivity index (χ4n) is 3.41. The number of benzene rings is 2. The number of aromatic nitrogens is 1. The molecular formula is C22H20ClNO2S. The molecule has 0 unspecified atom stereocenters. The molecule has 1 aliphatic rings. The van der Waals surface area contributed by atoms with Gasteiger partial charge in [-0.2, -0.15) is 0 Å². The molecule has 0 spiro atoms. The third kappa shape index (κ3) is 3.69. The molecule has 0 amide bonds. The second-order valence-electron chi connectivity index (χ2n) is 6.93. The number of nitrogens with zero attached hydrogens (tertiary/aromatic N) is 1. The van der Waals surface area contributed by atoms with Crippen molar-refractivity contribution in [2.75, 3.05) is 6.26 Å². The average molecular weight is 398 g/mol. The Morgan fingerprint density at radius 3 is 2.59 bits per heavy atom. The lowest BCUT2D eigenvalue weighted by Gasteiger charge is -2.15. The highest BCUT2D eigenvalue weighted by atomic mass is 35.5. The van der Waals surface area contributed by atoms with Gasteiger partial charge in [0.2, 0.25) is 0 Å². The first-order chi connectivity index (χ1) is 13.1. The highest BCUT2D eigenvalue weighted by Gasteiger charge is 2.33. The summed E-state index contributed by atoms with van der Waals surface area (Å²) in [6.07, 6.45) is 6.44. The summed E-state index contributed by atoms with van der Waals surface area (Å²) < 4.78 is 5.39. The van der Waals surface area contributed by atoms with Gasteiger partial charge in [0.25, 0.3) is 0 Å². The maximum Gasteiger partial charge on any atom is 0.198 e. The Bertz CT molecular complexity index is 990. The normalized spacial score (nSPS) is 13.7. The third-order valence-corrected chi connectivity index (χ3v) is 6.23. The zero-order chi connectivity index (χ0) is 19.0. The van der Waals surface area contributed by atoms with Gasteiger partial charge in [-0.1, -0.05) is 28.9 Å². The Morgan fingerprint density at radius 1 is 1.19 bits per heavy atom. The molecule has 1 aliphatic carbocycles. The van der Waals surface area contributed by atoms with Gasteiger partial charge in [0.15, 0.2) is 11.5 Å². The molecular weight excluding hydrogens is 378 g/mol. The van der Waals surface area contributed by atoms with E-state index in [1.54, 1.807) is 18.0 Å². The maximum atomic E-state index is 13.3. The van der Waals surface area contributed by atoms with Gasteiger partial charge in [-0.05, 0) is 73.4 Å². The van der Waals surface area contributed by atoms with Crippen LogP contribution in [0.3, 0.4) is 0 Å². The van der Waals surface area contributed by atoms with E-state index < -0.39 is 0 Å². The van der Waals surface area contributed by atoms with E-state index in [0.717, 1.165) is 40.9 Å². The van der Waals surface area contributed by atoms with Crippen LogP contribution in [0.2, 0.25) is 5.02 Å². The summed E-state index contributed by atoms with van der Waals surface area (Å²) in [5.74, 6) is 1.08. The number of rotatable bonds is 6. The molecule has 138 valence electrons. The Kier molecular flexibility index (Phi) is 5.11. The molecule has 1 aromatic heterocycles. The van der Waals surface area contributed by atoms with Crippen LogP contribution in [-0.2, 0) is 6.42 Å². The summed E-state index contributed by atoms with van der Waals surface area (Å²) in [6, 6.07) is 11.8. The first-order valence-electron chi connectivity index (χ1n) is 8.98. The number of hydrogen-bond donors (Lipinski definition) is 0. The lowest BCUT2D eigenvalue weighted by molar-refractivity contribution is 0.103. The molecule has 0 aliphatic heterocycles. The van der Waals surface area contributed by atoms with E-state index >= 15 is 0 Å². The largest absolute Gasteiger partial charge is 0.360 e. The minimum atomic E-state index is -0.00198. The van der Waals surface area contributed by atoms with E-state index in [2.05, 4.69) is 18.3 Å². The molecule has 0 radical (unpaired) electrons. The quantitative estimate of drug-likeness (QED) is 0.374. The molecule has 1 heterocycles. The Morgan fingerprint density at radius 2 is 1.93 bits per heavy atom. The van der Waals surface area contributed by atoms with Crippen LogP contribution in [0.15, 0.2) is 52.0 Å². The monoisotopic (exact) mass is 397 g/mol. The van der Waals surface area contributed by atoms with Gasteiger partial charge in [0.05, 0.1) is 11.8 Å². The highest BCUT2D eigenvalue weighted by Crippen LogP contribution is 2.42. The molecule has 3 aromatic rings. The van der Waals surface area contributed by atoms with Crippen LogP contribution in [0.4, 0.5) is 0 Å². The van der Waals surface area contributed by atoms with Crippen LogP contribution in [0, 0.1) is 6.92 Å². The van der Waals surface area contributed by atoms with E-state index in [1.165, 1.54) is 4.90 Å². The molecule has 0 atom stereocenters. The molecule has 3 nitrogen and oxygen atoms in total. The molecule has 4 rings (SSSR count). The van der Waals surface area contributed by atoms with Crippen molar-refractivity contribution in [3.05, 3.63) is 81.2 Å². The average Bonchev–Trinajstić information content (AvgIpc) is 3.41. The van der Waals surface area contributed by atoms with Crippen LogP contribution >= 0.6 is 23.4 Å². The number of carbonyl (C=O) groups excluding carboxylic acids is 1. The second kappa shape index (κ2) is 7.53. The minimum absolute atomic E-state index is 0.00198. The van der Waals surface area contributed by atoms with Crippen LogP contribution in [0.25, 0.3) is 0 Å². The van der Waals surface area contributed by atoms with Gasteiger partial charge in [0.1, 0.15) is 0 Å². The van der Waals surface area contributed by atoms with Crippen molar-refractivity contribution in [1.82, 2.24) is 5.16 Å². The summed E-state index contributed by atoms with van der Waals surface area (Å²) in [5, 5.41) is 4.61. The van der Waals surface area contributed by atoms with Crippen LogP contribution in [0.1, 0.15) is 57.1 Å². The van der Waals surface area contributed by atoms with Gasteiger partial charge in [-0.25, -0.2) is 0 Å². The van der Waals surface area contributed by atoms with E-state index in [-0.39, 0.29) is 5.78 Å². The SMILES string of the molecule is CSc1ccc(C(=O)c2cnoc2C2CC2)c(Cc2ccc(Cl)cc2)c1C. The molecule has 0 saturated heterocycles. The summed E-state index contributed by atoms with van der Waals surface area (Å²) in [5.41, 5.74) is 4.66. The van der Waals surface area contributed by atoms with Crippen molar-refractivity contribution in [1.29, 1.82) is 0 Å². The first kappa shape index (κ1) is 18.3. The third-order valence-electron chi connectivity index (χ3n) is 5.10. The number of carbonyl (C=O) groups is 1. The minimum Gasteiger partial charge on any atom is -0.360 e. The van der Waals surface area contributed by atoms with E-state index in [0.29, 0.717) is 22.9 Å². The zero-order valence-electron chi connectivity index (χ0n) is 15.3. The maximum absolute atomic E-state index is 13.3. The molecule has 1 fully saturated rings. The summed E-state index contributed by atoms with van der Waals surface area (Å²) in [7, 11) is 0. The Balaban J connectivity index is 1.77. The molecule has 0 N–H and O–H groups in total. The predicted octanol–water partition coefficient (Wildman–Crippen LogP) is 6.06. The van der Waals surface area contributed by atoms with Crippen molar-refractivity contribution in [3.8, 4) is 0 Å². The van der Waals surface area contributed by atoms with Crippen molar-refractivity contribution < 1.29 is 9.32 Å². The van der Waals surface area contributed by atoms with E-state index in [1.807, 2.05) is 36.4 Å². The molecule has 27 heavy (non-hydrogen) atoms. The fourth-order valence-corrected chi connectivity index (χ4v) is 4.17. The van der Waals surface area contributed by atoms with Crippen LogP contribution in [0.5, 0.6) is 0 Å². The predicted molar refractivity (Wildman–Crippen MR) is 109 cm³/mol. The molecule has 2 aromatic carbocycles. The number of thioether (sulfide) groups is 1.